The summed E-state index contributed by atoms with van der Waals surface area (Å²) in [6.07, 6.45) is 3.11. The zero-order chi connectivity index (χ0) is 16.4. The molecule has 0 spiro atoms. The average Bonchev–Trinajstić information content (AvgIpc) is 3.06. The van der Waals surface area contributed by atoms with Gasteiger partial charge in [0.05, 0.1) is 11.8 Å². The minimum atomic E-state index is -0.295. The fourth-order valence-electron chi connectivity index (χ4n) is 2.74. The molecule has 4 heteroatoms. The summed E-state index contributed by atoms with van der Waals surface area (Å²) < 4.78 is 5.38. The van der Waals surface area contributed by atoms with Crippen LogP contribution in [0.15, 0.2) is 82.5 Å². The Morgan fingerprint density at radius 1 is 0.917 bits per heavy atom. The van der Waals surface area contributed by atoms with Crippen LogP contribution in [0.4, 0.5) is 0 Å². The second-order valence-electron chi connectivity index (χ2n) is 5.41. The summed E-state index contributed by atoms with van der Waals surface area (Å²) in [6, 6.07) is 21.4. The van der Waals surface area contributed by atoms with Crippen LogP contribution in [-0.4, -0.2) is 12.1 Å². The monoisotopic (exact) mass is 314 g/mol. The van der Waals surface area contributed by atoms with Crippen LogP contribution in [0.2, 0.25) is 0 Å². The van der Waals surface area contributed by atoms with E-state index in [1.807, 2.05) is 66.7 Å². The van der Waals surface area contributed by atoms with Crippen molar-refractivity contribution in [1.29, 1.82) is 0 Å². The van der Waals surface area contributed by atoms with E-state index in [1.54, 1.807) is 6.21 Å². The van der Waals surface area contributed by atoms with Crippen LogP contribution in [0.3, 0.4) is 0 Å². The minimum Gasteiger partial charge on any atom is -0.463 e. The number of hydrogen-bond acceptors (Lipinski definition) is 3. The van der Waals surface area contributed by atoms with Gasteiger partial charge in [0.15, 0.2) is 0 Å². The molecule has 0 unspecified atom stereocenters. The summed E-state index contributed by atoms with van der Waals surface area (Å²) in [5.74, 6) is -0.295. The van der Waals surface area contributed by atoms with Gasteiger partial charge < -0.3 is 4.42 Å². The van der Waals surface area contributed by atoms with E-state index < -0.39 is 0 Å². The largest absolute Gasteiger partial charge is 0.463 e. The van der Waals surface area contributed by atoms with Gasteiger partial charge in [-0.3, -0.25) is 4.79 Å². The Balaban J connectivity index is 1.58. The van der Waals surface area contributed by atoms with E-state index in [0.29, 0.717) is 11.1 Å². The summed E-state index contributed by atoms with van der Waals surface area (Å²) >= 11 is 0. The molecule has 4 nitrogen and oxygen atoms in total. The topological polar surface area (TPSA) is 54.6 Å². The van der Waals surface area contributed by atoms with Gasteiger partial charge in [0, 0.05) is 10.9 Å². The molecule has 1 N–H and O–H groups in total. The van der Waals surface area contributed by atoms with Crippen molar-refractivity contribution < 1.29 is 9.21 Å². The molecule has 1 heterocycles. The third kappa shape index (κ3) is 2.54. The van der Waals surface area contributed by atoms with E-state index in [1.165, 1.54) is 6.26 Å². The first kappa shape index (κ1) is 14.2. The SMILES string of the molecule is O=C(N/N=C/c1cccc2ccccc12)c1coc2ccccc12. The minimum absolute atomic E-state index is 0.295. The first-order valence-corrected chi connectivity index (χ1v) is 7.60. The molecule has 0 aliphatic rings. The fraction of sp³-hybridized carbons (Fsp3) is 0. The number of carbonyl (C=O) groups excluding carboxylic acids is 1. The van der Waals surface area contributed by atoms with Crippen molar-refractivity contribution in [2.75, 3.05) is 0 Å². The molecule has 3 aromatic carbocycles. The molecule has 0 fully saturated rings. The van der Waals surface area contributed by atoms with Gasteiger partial charge in [-0.25, -0.2) is 5.43 Å². The number of hydrogen-bond donors (Lipinski definition) is 1. The molecule has 0 saturated carbocycles. The normalized spacial score (nSPS) is 11.3. The summed E-state index contributed by atoms with van der Waals surface area (Å²) in [7, 11) is 0. The predicted octanol–water partition coefficient (Wildman–Crippen LogP) is 4.35. The predicted molar refractivity (Wildman–Crippen MR) is 95.2 cm³/mol. The maximum Gasteiger partial charge on any atom is 0.275 e. The highest BCUT2D eigenvalue weighted by Gasteiger charge is 2.12. The number of furan rings is 1. The van der Waals surface area contributed by atoms with Crippen LogP contribution in [0.5, 0.6) is 0 Å². The van der Waals surface area contributed by atoms with Gasteiger partial charge in [0.2, 0.25) is 0 Å². The third-order valence-corrected chi connectivity index (χ3v) is 3.92. The second kappa shape index (κ2) is 6.01. The maximum absolute atomic E-state index is 12.3. The number of benzene rings is 3. The lowest BCUT2D eigenvalue weighted by atomic mass is 10.1. The molecule has 116 valence electrons. The molecule has 0 radical (unpaired) electrons. The third-order valence-electron chi connectivity index (χ3n) is 3.92. The van der Waals surface area contributed by atoms with E-state index in [4.69, 9.17) is 4.42 Å². The number of para-hydroxylation sites is 1. The van der Waals surface area contributed by atoms with Crippen LogP contribution in [0, 0.1) is 0 Å². The van der Waals surface area contributed by atoms with Crippen molar-refractivity contribution >= 4 is 33.9 Å². The van der Waals surface area contributed by atoms with Crippen molar-refractivity contribution in [3.8, 4) is 0 Å². The van der Waals surface area contributed by atoms with Crippen LogP contribution < -0.4 is 5.43 Å². The van der Waals surface area contributed by atoms with E-state index in [9.17, 15) is 4.79 Å². The Morgan fingerprint density at radius 3 is 2.58 bits per heavy atom. The van der Waals surface area contributed by atoms with E-state index in [-0.39, 0.29) is 5.91 Å². The molecule has 1 amide bonds. The summed E-state index contributed by atoms with van der Waals surface area (Å²) in [4.78, 5) is 12.3. The lowest BCUT2D eigenvalue weighted by Crippen LogP contribution is -2.17. The lowest BCUT2D eigenvalue weighted by molar-refractivity contribution is 0.0956. The number of rotatable bonds is 3. The van der Waals surface area contributed by atoms with E-state index >= 15 is 0 Å². The van der Waals surface area contributed by atoms with Crippen LogP contribution in [0.25, 0.3) is 21.7 Å². The van der Waals surface area contributed by atoms with E-state index in [0.717, 1.165) is 21.7 Å². The van der Waals surface area contributed by atoms with Crippen LogP contribution >= 0.6 is 0 Å². The zero-order valence-corrected chi connectivity index (χ0v) is 12.8. The number of carbonyl (C=O) groups is 1. The molecule has 4 aromatic rings. The van der Waals surface area contributed by atoms with Gasteiger partial charge in [-0.2, -0.15) is 5.10 Å². The van der Waals surface area contributed by atoms with Crippen LogP contribution in [0.1, 0.15) is 15.9 Å². The maximum atomic E-state index is 12.3. The van der Waals surface area contributed by atoms with Gasteiger partial charge in [-0.1, -0.05) is 60.7 Å². The Hall–Kier alpha value is -3.40. The molecular weight excluding hydrogens is 300 g/mol. The van der Waals surface area contributed by atoms with Crippen molar-refractivity contribution in [1.82, 2.24) is 5.43 Å². The van der Waals surface area contributed by atoms with Crippen LogP contribution in [-0.2, 0) is 0 Å². The van der Waals surface area contributed by atoms with Gasteiger partial charge in [0.1, 0.15) is 11.8 Å². The van der Waals surface area contributed by atoms with Crippen molar-refractivity contribution in [3.05, 3.63) is 84.1 Å². The van der Waals surface area contributed by atoms with Gasteiger partial charge in [0.25, 0.3) is 5.91 Å². The molecule has 1 aromatic heterocycles. The molecule has 0 aliphatic heterocycles. The standard InChI is InChI=1S/C20H14N2O2/c23-20(18-13-24-19-11-4-3-10-17(18)19)22-21-12-15-8-5-7-14-6-1-2-9-16(14)15/h1-13H,(H,22,23)/b21-12+. The van der Waals surface area contributed by atoms with Crippen molar-refractivity contribution in [2.45, 2.75) is 0 Å². The molecule has 24 heavy (non-hydrogen) atoms. The average molecular weight is 314 g/mol. The first-order chi connectivity index (χ1) is 11.8. The molecule has 4 rings (SSSR count). The Labute approximate surface area is 138 Å². The Kier molecular flexibility index (Phi) is 3.56. The smallest absolute Gasteiger partial charge is 0.275 e. The highest BCUT2D eigenvalue weighted by molar-refractivity contribution is 6.06. The Bertz CT molecular complexity index is 1060. The quantitative estimate of drug-likeness (QED) is 0.451. The molecule has 0 bridgehead atoms. The number of nitrogens with one attached hydrogen (secondary N) is 1. The molecular formula is C20H14N2O2. The second-order valence-corrected chi connectivity index (χ2v) is 5.41. The Morgan fingerprint density at radius 2 is 1.67 bits per heavy atom. The first-order valence-electron chi connectivity index (χ1n) is 7.60. The lowest BCUT2D eigenvalue weighted by Gasteiger charge is -2.01. The number of amides is 1. The summed E-state index contributed by atoms with van der Waals surface area (Å²) in [6.45, 7) is 0. The number of nitrogens with zero attached hydrogens (tertiary/aromatic N) is 1. The fourth-order valence-corrected chi connectivity index (χ4v) is 2.74. The van der Waals surface area contributed by atoms with Gasteiger partial charge in [-0.15, -0.1) is 0 Å². The number of hydrazone groups is 1. The van der Waals surface area contributed by atoms with Crippen molar-refractivity contribution in [2.24, 2.45) is 5.10 Å². The highest BCUT2D eigenvalue weighted by atomic mass is 16.3. The van der Waals surface area contributed by atoms with E-state index in [2.05, 4.69) is 10.5 Å². The molecule has 0 saturated heterocycles. The van der Waals surface area contributed by atoms with Gasteiger partial charge >= 0.3 is 0 Å². The zero-order valence-electron chi connectivity index (χ0n) is 12.8. The van der Waals surface area contributed by atoms with Crippen molar-refractivity contribution in [3.63, 3.8) is 0 Å². The van der Waals surface area contributed by atoms with Gasteiger partial charge in [-0.05, 0) is 16.8 Å². The summed E-state index contributed by atoms with van der Waals surface area (Å²) in [5.41, 5.74) is 4.66. The summed E-state index contributed by atoms with van der Waals surface area (Å²) in [5, 5.41) is 7.08. The number of fused-ring (bicyclic) bond motifs is 2. The molecule has 0 atom stereocenters. The molecule has 0 aliphatic carbocycles. The highest BCUT2D eigenvalue weighted by Crippen LogP contribution is 2.20.